The number of hydrogen-bond acceptors (Lipinski definition) is 14. The number of nitrogens with one attached hydrogen (secondary N) is 2. The number of benzene rings is 10. The fourth-order valence-electron chi connectivity index (χ4n) is 23.0. The van der Waals surface area contributed by atoms with Crippen molar-refractivity contribution in [1.82, 2.24) is 49.2 Å². The van der Waals surface area contributed by atoms with E-state index in [4.69, 9.17) is 9.47 Å². The molecule has 10 heterocycles. The van der Waals surface area contributed by atoms with Gasteiger partial charge in [0.15, 0.2) is 0 Å². The molecule has 8 fully saturated rings. The Morgan fingerprint density at radius 1 is 0.341 bits per heavy atom. The van der Waals surface area contributed by atoms with Crippen molar-refractivity contribution in [2.75, 3.05) is 130 Å². The van der Waals surface area contributed by atoms with Crippen LogP contribution < -0.4 is 10.6 Å². The fourth-order valence-corrected chi connectivity index (χ4v) is 23.0. The van der Waals surface area contributed by atoms with Gasteiger partial charge in [0, 0.05) is 174 Å². The predicted octanol–water partition coefficient (Wildman–Crippen LogP) is 20.0. The highest BCUT2D eigenvalue weighted by Crippen LogP contribution is 2.48. The molecular weight excluding hydrogens is 1710 g/mol. The molecule has 716 valence electrons. The van der Waals surface area contributed by atoms with Crippen molar-refractivity contribution in [1.29, 1.82) is 0 Å². The number of para-hydroxylation sites is 1. The molecule has 6 amide bonds. The molecule has 12 atom stereocenters. The summed E-state index contributed by atoms with van der Waals surface area (Å²) >= 11 is 0. The average Bonchev–Trinajstić information content (AvgIpc) is 0.751. The molecule has 0 radical (unpaired) electrons. The number of hydrogen-bond donors (Lipinski definition) is 4. The molecule has 2 aromatic heterocycles. The Bertz CT molecular complexity index is 5980. The lowest BCUT2D eigenvalue weighted by atomic mass is 9.74. The molecule has 0 saturated carbocycles. The Labute approximate surface area is 816 Å². The minimum Gasteiger partial charge on any atom is -0.395 e. The number of aliphatic hydroxyl groups is 2. The van der Waals surface area contributed by atoms with E-state index in [0.717, 1.165) is 134 Å². The van der Waals surface area contributed by atoms with Gasteiger partial charge in [0.1, 0.15) is 0 Å². The summed E-state index contributed by atoms with van der Waals surface area (Å²) in [6, 6.07) is 98.6. The van der Waals surface area contributed by atoms with Crippen molar-refractivity contribution in [2.45, 2.75) is 164 Å². The first kappa shape index (κ1) is 97.3. The highest BCUT2D eigenvalue weighted by atomic mass is 16.5. The van der Waals surface area contributed by atoms with Crippen molar-refractivity contribution < 1.29 is 38.9 Å². The molecule has 0 bridgehead atoms. The number of fused-ring (bicyclic) bond motifs is 4. The summed E-state index contributed by atoms with van der Waals surface area (Å²) in [6.07, 6.45) is 13.7. The molecule has 8 saturated heterocycles. The zero-order valence-electron chi connectivity index (χ0n) is 81.2. The van der Waals surface area contributed by atoms with Crippen molar-refractivity contribution in [3.8, 4) is 44.5 Å². The van der Waals surface area contributed by atoms with E-state index in [0.29, 0.717) is 74.3 Å². The van der Waals surface area contributed by atoms with Gasteiger partial charge in [-0.3, -0.25) is 39.2 Å². The molecular formula is C118H136N12O8. The van der Waals surface area contributed by atoms with Crippen LogP contribution in [0.3, 0.4) is 0 Å². The number of anilines is 2. The number of rotatable bonds is 19. The number of aliphatic hydroxyl groups excluding tert-OH is 2. The first-order valence-electron chi connectivity index (χ1n) is 50.0. The Morgan fingerprint density at radius 2 is 0.674 bits per heavy atom. The largest absolute Gasteiger partial charge is 0.395 e. The van der Waals surface area contributed by atoms with Crippen LogP contribution in [0.5, 0.6) is 0 Å². The van der Waals surface area contributed by atoms with Crippen LogP contribution in [-0.2, 0) is 20.7 Å². The summed E-state index contributed by atoms with van der Waals surface area (Å²) in [7, 11) is 3.58. The molecule has 20 nitrogen and oxygen atoms in total. The Morgan fingerprint density at radius 3 is 1.04 bits per heavy atom. The topological polar surface area (TPSA) is 203 Å². The first-order valence-corrected chi connectivity index (χ1v) is 50.0. The van der Waals surface area contributed by atoms with Crippen LogP contribution in [-0.4, -0.2) is 251 Å². The summed E-state index contributed by atoms with van der Waals surface area (Å²) in [6.45, 7) is 22.4. The van der Waals surface area contributed by atoms with Crippen molar-refractivity contribution in [2.24, 2.45) is 0 Å². The third-order valence-corrected chi connectivity index (χ3v) is 30.3. The van der Waals surface area contributed by atoms with Crippen LogP contribution in [0.4, 0.5) is 21.0 Å². The van der Waals surface area contributed by atoms with Gasteiger partial charge in [-0.1, -0.05) is 236 Å². The van der Waals surface area contributed by atoms with E-state index < -0.39 is 0 Å². The molecule has 138 heavy (non-hydrogen) atoms. The van der Waals surface area contributed by atoms with Crippen molar-refractivity contribution >= 4 is 35.3 Å². The van der Waals surface area contributed by atoms with Gasteiger partial charge in [-0.25, -0.2) is 9.59 Å². The van der Waals surface area contributed by atoms with Gasteiger partial charge in [-0.05, 0) is 250 Å². The quantitative estimate of drug-likeness (QED) is 0.0595. The number of carbonyl (C=O) groups excluding carboxylic acids is 4. The van der Waals surface area contributed by atoms with Crippen molar-refractivity contribution in [3.63, 3.8) is 0 Å². The fraction of sp³-hybridized carbons (Fsp3) is 0.373. The second-order valence-corrected chi connectivity index (χ2v) is 38.8. The predicted molar refractivity (Wildman–Crippen MR) is 553 cm³/mol. The van der Waals surface area contributed by atoms with Gasteiger partial charge in [-0.15, -0.1) is 0 Å². The molecule has 0 spiro atoms. The van der Waals surface area contributed by atoms with E-state index in [1.54, 1.807) is 32.8 Å². The van der Waals surface area contributed by atoms with Gasteiger partial charge < -0.3 is 49.9 Å². The zero-order chi connectivity index (χ0) is 95.5. The third kappa shape index (κ3) is 22.5. The number of amides is 6. The number of aromatic nitrogens is 2. The Balaban J connectivity index is 0.000000127. The lowest BCUT2D eigenvalue weighted by Gasteiger charge is -2.57. The smallest absolute Gasteiger partial charge is 0.321 e. The molecule has 10 aromatic carbocycles. The molecule has 20 rings (SSSR count). The highest BCUT2D eigenvalue weighted by molar-refractivity contribution is 5.94. The molecule has 0 aliphatic carbocycles. The minimum atomic E-state index is -0.0121. The van der Waals surface area contributed by atoms with Gasteiger partial charge in [0.05, 0.1) is 38.4 Å². The van der Waals surface area contributed by atoms with Crippen LogP contribution in [0.1, 0.15) is 141 Å². The second-order valence-electron chi connectivity index (χ2n) is 38.8. The summed E-state index contributed by atoms with van der Waals surface area (Å²) in [5.41, 5.74) is 24.5. The molecule has 20 heteroatoms. The lowest BCUT2D eigenvalue weighted by molar-refractivity contribution is -0.135. The van der Waals surface area contributed by atoms with E-state index >= 15 is 0 Å². The van der Waals surface area contributed by atoms with E-state index in [2.05, 4.69) is 269 Å². The number of nitrogens with zero attached hydrogens (tertiary/aromatic N) is 10. The van der Waals surface area contributed by atoms with Gasteiger partial charge in [0.2, 0.25) is 5.91 Å². The molecule has 4 N–H and O–H groups in total. The van der Waals surface area contributed by atoms with Crippen LogP contribution in [0.25, 0.3) is 44.5 Å². The summed E-state index contributed by atoms with van der Waals surface area (Å²) in [5.74, 6) is 1.30. The van der Waals surface area contributed by atoms with E-state index in [-0.39, 0.29) is 73.1 Å². The van der Waals surface area contributed by atoms with Crippen LogP contribution in [0, 0.1) is 34.6 Å². The SMILES string of the molecule is COC[C@@H]1[C@H](c2ccc(-c3ccccc3C)cc2)[C@@H]2CN(C(=O)Nc3ccc(C)cc3)CCCCN12.COC[C@@H]1[C@H](c2ccc(-c3ccccc3C)cc2)[C@@H]2CN(C(=O)Nc3ccccc3)CCCCN12.Cc1ccccc1-c1ccc([C@H]2[C@@H](CO)N3CCCCN(C(=O)Cc4ccccn4)C[C@@H]23)cc1.Cc1ccccc1-c1ccc([C@H]2[C@@H](CO)N3CCCCN(C(=O)c4cccnc4)C[C@@H]23)cc1. The lowest BCUT2D eigenvalue weighted by Crippen LogP contribution is -2.68. The number of pyridine rings is 2. The Kier molecular flexibility index (Phi) is 32.7. The van der Waals surface area contributed by atoms with Gasteiger partial charge >= 0.3 is 12.1 Å². The summed E-state index contributed by atoms with van der Waals surface area (Å²) in [5, 5.41) is 26.6. The first-order chi connectivity index (χ1) is 67.5. The van der Waals surface area contributed by atoms with E-state index in [1.807, 2.05) is 105 Å². The minimum absolute atomic E-state index is 0.00968. The summed E-state index contributed by atoms with van der Waals surface area (Å²) < 4.78 is 11.3. The molecule has 0 unspecified atom stereocenters. The maximum atomic E-state index is 13.2. The molecule has 12 aromatic rings. The normalized spacial score (nSPS) is 22.7. The third-order valence-electron chi connectivity index (χ3n) is 30.3. The maximum Gasteiger partial charge on any atom is 0.321 e. The zero-order valence-corrected chi connectivity index (χ0v) is 81.2. The molecule has 8 aliphatic heterocycles. The average molecular weight is 1850 g/mol. The number of ether oxygens (including phenoxy) is 2. The van der Waals surface area contributed by atoms with Gasteiger partial charge in [0.25, 0.3) is 5.91 Å². The summed E-state index contributed by atoms with van der Waals surface area (Å²) in [4.78, 5) is 79.2. The van der Waals surface area contributed by atoms with E-state index in [1.165, 1.54) is 94.6 Å². The Hall–Kier alpha value is -12.3. The van der Waals surface area contributed by atoms with Crippen LogP contribution >= 0.6 is 0 Å². The second kappa shape index (κ2) is 46.4. The van der Waals surface area contributed by atoms with E-state index in [9.17, 15) is 29.4 Å². The maximum absolute atomic E-state index is 13.2. The monoisotopic (exact) mass is 1850 g/mol. The standard InChI is InChI=1S/C31H37N3O2.C30H35N3O2.C29H33N3O2.C28H31N3O2/c1-22-10-16-26(17-11-22)32-31(35)33-18-6-7-19-34-28(20-33)30(29(34)21-36-3)25-14-12-24(13-15-25)27-9-5-4-8-23(27)2;1-22-10-6-7-13-26(22)23-14-16-24(17-15-23)29-27-20-32(30(34)31-25-11-4-3-5-12-25)18-8-9-19-33(27)28(29)21-35-2;1-21-8-2-3-10-25(21)22-11-13-23(14-12-22)29-26-19-31(16-6-7-17-32(26)27(29)20-33)28(34)18-24-9-4-5-15-30-24;1-20-7-2-3-9-24(20)21-10-12-22(13-11-21)27-25-18-30(28(33)23-8-6-14-29-17-23)15-4-5-16-31(25)26(27)19-32/h4-5,8-17,28-30H,6-7,18-21H2,1-3H3,(H,32,35);3-7,10-17,27-29H,8-9,18-21H2,1-2H3,(H,31,34);2-5,8-15,26-27,29,33H,6-7,16-20H2,1H3;2-3,6-14,17,25-27,32H,4-5,15-16,18-19H2,1H3/t28-,29+,30+;27-,28+,29+;26-,27+,29+;25-,26+,27+/m0000/s1. The van der Waals surface area contributed by atoms with Gasteiger partial charge in [-0.2, -0.15) is 0 Å². The number of methoxy groups -OCH3 is 2. The number of aryl methyl sites for hydroxylation is 5. The van der Waals surface area contributed by atoms with Crippen LogP contribution in [0.2, 0.25) is 0 Å². The number of urea groups is 2. The number of carbonyl (C=O) groups is 4. The van der Waals surface area contributed by atoms with Crippen molar-refractivity contribution in [3.05, 3.63) is 359 Å². The molecule has 8 aliphatic rings. The highest BCUT2D eigenvalue weighted by Gasteiger charge is 2.54. The van der Waals surface area contributed by atoms with Crippen LogP contribution in [0.15, 0.2) is 298 Å².